The minimum absolute atomic E-state index is 0.0946. The minimum atomic E-state index is 0.0946. The van der Waals surface area contributed by atoms with Crippen molar-refractivity contribution in [2.24, 2.45) is 0 Å². The predicted octanol–water partition coefficient (Wildman–Crippen LogP) is 1.64. The van der Waals surface area contributed by atoms with Gasteiger partial charge in [-0.1, -0.05) is 18.5 Å². The van der Waals surface area contributed by atoms with Crippen molar-refractivity contribution in [2.45, 2.75) is 32.2 Å². The van der Waals surface area contributed by atoms with E-state index in [1.165, 1.54) is 0 Å². The summed E-state index contributed by atoms with van der Waals surface area (Å²) >= 11 is 6.08. The van der Waals surface area contributed by atoms with Gasteiger partial charge in [0.1, 0.15) is 5.02 Å². The summed E-state index contributed by atoms with van der Waals surface area (Å²) < 4.78 is 0. The largest absolute Gasteiger partial charge is 0.364 e. The van der Waals surface area contributed by atoms with E-state index in [0.29, 0.717) is 29.8 Å². The second-order valence-electron chi connectivity index (χ2n) is 4.50. The third-order valence-corrected chi connectivity index (χ3v) is 3.16. The van der Waals surface area contributed by atoms with Gasteiger partial charge in [-0.3, -0.25) is 4.79 Å². The molecule has 1 unspecified atom stereocenters. The summed E-state index contributed by atoms with van der Waals surface area (Å²) in [6, 6.07) is 0.157. The molecule has 1 aliphatic heterocycles. The highest BCUT2D eigenvalue weighted by molar-refractivity contribution is 6.32. The average Bonchev–Trinajstić information content (AvgIpc) is 2.42. The van der Waals surface area contributed by atoms with Crippen molar-refractivity contribution in [3.8, 4) is 0 Å². The Bertz CT molecular complexity index is 444. The molecule has 0 aliphatic carbocycles. The monoisotopic (exact) mass is 283 g/mol. The van der Waals surface area contributed by atoms with Crippen LogP contribution < -0.4 is 16.0 Å². The number of carbonyl (C=O) groups excluding carboxylic acids is 1. The zero-order valence-electron chi connectivity index (χ0n) is 10.9. The molecule has 1 aliphatic rings. The van der Waals surface area contributed by atoms with Gasteiger partial charge in [0.25, 0.3) is 0 Å². The Labute approximate surface area is 117 Å². The highest BCUT2D eigenvalue weighted by atomic mass is 35.5. The first-order chi connectivity index (χ1) is 9.19. The fourth-order valence-corrected chi connectivity index (χ4v) is 1.99. The summed E-state index contributed by atoms with van der Waals surface area (Å²) in [6.45, 7) is 3.49. The molecular formula is C12H18ClN5O. The van der Waals surface area contributed by atoms with Gasteiger partial charge < -0.3 is 16.0 Å². The summed E-state index contributed by atoms with van der Waals surface area (Å²) in [5.41, 5.74) is 0. The topological polar surface area (TPSA) is 78.9 Å². The number of piperidine rings is 1. The normalized spacial score (nSPS) is 18.8. The molecule has 19 heavy (non-hydrogen) atoms. The molecule has 0 bridgehead atoms. The van der Waals surface area contributed by atoms with E-state index in [1.807, 2.05) is 0 Å². The third-order valence-electron chi connectivity index (χ3n) is 2.88. The molecule has 3 N–H and O–H groups in total. The van der Waals surface area contributed by atoms with Crippen LogP contribution >= 0.6 is 11.6 Å². The summed E-state index contributed by atoms with van der Waals surface area (Å²) in [5, 5.41) is 9.67. The second-order valence-corrected chi connectivity index (χ2v) is 4.91. The Hall–Kier alpha value is -1.56. The highest BCUT2D eigenvalue weighted by Gasteiger charge is 2.19. The number of rotatable bonds is 5. The van der Waals surface area contributed by atoms with E-state index in [4.69, 9.17) is 11.6 Å². The van der Waals surface area contributed by atoms with E-state index in [0.717, 1.165) is 19.4 Å². The van der Waals surface area contributed by atoms with E-state index in [9.17, 15) is 4.79 Å². The van der Waals surface area contributed by atoms with Crippen LogP contribution in [0.25, 0.3) is 0 Å². The Morgan fingerprint density at radius 1 is 1.58 bits per heavy atom. The van der Waals surface area contributed by atoms with Crippen molar-refractivity contribution in [3.63, 3.8) is 0 Å². The number of nitrogens with zero attached hydrogens (tertiary/aromatic N) is 2. The fraction of sp³-hybridized carbons (Fsp3) is 0.583. The number of hydrogen-bond acceptors (Lipinski definition) is 5. The van der Waals surface area contributed by atoms with Gasteiger partial charge >= 0.3 is 0 Å². The lowest BCUT2D eigenvalue weighted by Gasteiger charge is -2.24. The molecule has 1 fully saturated rings. The van der Waals surface area contributed by atoms with Crippen LogP contribution in [0.2, 0.25) is 5.02 Å². The third kappa shape index (κ3) is 3.96. The van der Waals surface area contributed by atoms with E-state index < -0.39 is 0 Å². The molecule has 104 valence electrons. The maximum atomic E-state index is 11.1. The Kier molecular flexibility index (Phi) is 4.79. The zero-order valence-corrected chi connectivity index (χ0v) is 11.6. The molecule has 2 heterocycles. The van der Waals surface area contributed by atoms with Crippen LogP contribution in [0, 0.1) is 0 Å². The van der Waals surface area contributed by atoms with E-state index in [-0.39, 0.29) is 11.9 Å². The lowest BCUT2D eigenvalue weighted by molar-refractivity contribution is -0.122. The van der Waals surface area contributed by atoms with E-state index in [1.54, 1.807) is 6.20 Å². The standard InChI is InChI=1S/C12H18ClN5O/c1-2-5-14-12-16-7-9(13)11(18-12)17-8-3-4-10(19)15-6-8/h7-8H,2-6H2,1H3,(H,15,19)(H2,14,16,17,18). The average molecular weight is 284 g/mol. The van der Waals surface area contributed by atoms with Crippen LogP contribution in [0.15, 0.2) is 6.20 Å². The number of nitrogens with one attached hydrogen (secondary N) is 3. The number of hydrogen-bond donors (Lipinski definition) is 3. The lowest BCUT2D eigenvalue weighted by atomic mass is 10.1. The molecule has 1 atom stereocenters. The number of halogens is 1. The highest BCUT2D eigenvalue weighted by Crippen LogP contribution is 2.21. The molecule has 6 nitrogen and oxygen atoms in total. The SMILES string of the molecule is CCCNc1ncc(Cl)c(NC2CCC(=O)NC2)n1. The predicted molar refractivity (Wildman–Crippen MR) is 75.5 cm³/mol. The first-order valence-corrected chi connectivity index (χ1v) is 6.86. The maximum Gasteiger partial charge on any atom is 0.224 e. The first-order valence-electron chi connectivity index (χ1n) is 6.48. The van der Waals surface area contributed by atoms with Crippen molar-refractivity contribution in [2.75, 3.05) is 23.7 Å². The van der Waals surface area contributed by atoms with Crippen LogP contribution in [0.1, 0.15) is 26.2 Å². The maximum absolute atomic E-state index is 11.1. The van der Waals surface area contributed by atoms with Crippen LogP contribution in [0.3, 0.4) is 0 Å². The zero-order chi connectivity index (χ0) is 13.7. The Morgan fingerprint density at radius 3 is 3.11 bits per heavy atom. The van der Waals surface area contributed by atoms with E-state index in [2.05, 4.69) is 32.8 Å². The molecule has 1 aromatic rings. The van der Waals surface area contributed by atoms with Crippen LogP contribution in [0.5, 0.6) is 0 Å². The van der Waals surface area contributed by atoms with Crippen molar-refractivity contribution in [1.82, 2.24) is 15.3 Å². The van der Waals surface area contributed by atoms with Crippen LogP contribution in [-0.2, 0) is 4.79 Å². The minimum Gasteiger partial charge on any atom is -0.364 e. The molecule has 2 rings (SSSR count). The molecule has 0 spiro atoms. The molecule has 1 saturated heterocycles. The van der Waals surface area contributed by atoms with Gasteiger partial charge in [-0.25, -0.2) is 4.98 Å². The van der Waals surface area contributed by atoms with Gasteiger partial charge in [0.15, 0.2) is 5.82 Å². The molecule has 0 aromatic carbocycles. The van der Waals surface area contributed by atoms with Crippen LogP contribution in [-0.4, -0.2) is 35.0 Å². The molecule has 1 aromatic heterocycles. The van der Waals surface area contributed by atoms with E-state index >= 15 is 0 Å². The number of carbonyl (C=O) groups is 1. The van der Waals surface area contributed by atoms with Gasteiger partial charge in [0.2, 0.25) is 11.9 Å². The Balaban J connectivity index is 2.00. The van der Waals surface area contributed by atoms with Gasteiger partial charge in [-0.05, 0) is 12.8 Å². The van der Waals surface area contributed by atoms with Crippen molar-refractivity contribution >= 4 is 29.3 Å². The van der Waals surface area contributed by atoms with Crippen LogP contribution in [0.4, 0.5) is 11.8 Å². The second kappa shape index (κ2) is 6.56. The molecule has 1 amide bonds. The first kappa shape index (κ1) is 13.9. The van der Waals surface area contributed by atoms with Gasteiger partial charge in [0.05, 0.1) is 6.20 Å². The van der Waals surface area contributed by atoms with Crippen molar-refractivity contribution in [1.29, 1.82) is 0 Å². The fourth-order valence-electron chi connectivity index (χ4n) is 1.84. The van der Waals surface area contributed by atoms with Crippen molar-refractivity contribution < 1.29 is 4.79 Å². The van der Waals surface area contributed by atoms with Crippen molar-refractivity contribution in [3.05, 3.63) is 11.2 Å². The number of amides is 1. The summed E-state index contributed by atoms with van der Waals surface area (Å²) in [7, 11) is 0. The molecule has 0 radical (unpaired) electrons. The quantitative estimate of drug-likeness (QED) is 0.766. The number of anilines is 2. The molecule has 0 saturated carbocycles. The lowest BCUT2D eigenvalue weighted by Crippen LogP contribution is -2.42. The summed E-state index contributed by atoms with van der Waals surface area (Å²) in [4.78, 5) is 19.6. The van der Waals surface area contributed by atoms with Gasteiger partial charge in [-0.15, -0.1) is 0 Å². The van der Waals surface area contributed by atoms with Gasteiger partial charge in [-0.2, -0.15) is 4.98 Å². The smallest absolute Gasteiger partial charge is 0.224 e. The summed E-state index contributed by atoms with van der Waals surface area (Å²) in [6.07, 6.45) is 3.89. The summed E-state index contributed by atoms with van der Waals surface area (Å²) in [5.74, 6) is 1.27. The molecular weight excluding hydrogens is 266 g/mol. The number of aromatic nitrogens is 2. The molecule has 7 heteroatoms. The Morgan fingerprint density at radius 2 is 2.42 bits per heavy atom. The van der Waals surface area contributed by atoms with Gasteiger partial charge in [0, 0.05) is 25.6 Å².